The minimum atomic E-state index is -0.937. The summed E-state index contributed by atoms with van der Waals surface area (Å²) in [5.74, 6) is -1.93. The van der Waals surface area contributed by atoms with Gasteiger partial charge in [-0.25, -0.2) is 0 Å². The van der Waals surface area contributed by atoms with Crippen molar-refractivity contribution >= 4 is 18.0 Å². The van der Waals surface area contributed by atoms with Gasteiger partial charge in [-0.15, -0.1) is 6.58 Å². The standard InChI is InChI=1S/C27H37NO3/c1-4-7-8-10-14-22(5-2)18-19-24(6-3)25(27(30)31)21-26(29)28-20-13-17-23-15-11-9-12-16-23/h5,7-9,11-13,15-19,22,24-25H,2,4,6,10,14,20-21H2,1,3H3,(H,28,29)(H,30,31)/b8-7+,17-13+,19-18+. The zero-order valence-corrected chi connectivity index (χ0v) is 18.9. The molecule has 3 unspecified atom stereocenters. The molecule has 4 heteroatoms. The van der Waals surface area contributed by atoms with Gasteiger partial charge in [0.05, 0.1) is 5.92 Å². The predicted octanol–water partition coefficient (Wildman–Crippen LogP) is 6.04. The second-order valence-corrected chi connectivity index (χ2v) is 7.58. The van der Waals surface area contributed by atoms with E-state index in [0.29, 0.717) is 13.0 Å². The number of allylic oxidation sites excluding steroid dienone is 5. The molecule has 4 nitrogen and oxygen atoms in total. The molecule has 0 saturated heterocycles. The molecule has 1 amide bonds. The number of benzene rings is 1. The highest BCUT2D eigenvalue weighted by Gasteiger charge is 2.27. The summed E-state index contributed by atoms with van der Waals surface area (Å²) < 4.78 is 0. The molecule has 0 aliphatic heterocycles. The third-order valence-corrected chi connectivity index (χ3v) is 5.21. The Morgan fingerprint density at radius 2 is 1.84 bits per heavy atom. The van der Waals surface area contributed by atoms with Crippen LogP contribution in [0.1, 0.15) is 51.5 Å². The van der Waals surface area contributed by atoms with Crippen LogP contribution in [0.4, 0.5) is 0 Å². The van der Waals surface area contributed by atoms with E-state index in [4.69, 9.17) is 0 Å². The Morgan fingerprint density at radius 3 is 2.45 bits per heavy atom. The van der Waals surface area contributed by atoms with Crippen molar-refractivity contribution in [2.45, 2.75) is 46.0 Å². The van der Waals surface area contributed by atoms with Gasteiger partial charge in [-0.1, -0.05) is 86.7 Å². The Labute approximate surface area is 187 Å². The molecular formula is C27H37NO3. The van der Waals surface area contributed by atoms with Crippen molar-refractivity contribution in [3.8, 4) is 0 Å². The van der Waals surface area contributed by atoms with E-state index in [9.17, 15) is 14.7 Å². The van der Waals surface area contributed by atoms with Gasteiger partial charge in [-0.2, -0.15) is 0 Å². The molecule has 0 aliphatic carbocycles. The monoisotopic (exact) mass is 423 g/mol. The quantitative estimate of drug-likeness (QED) is 0.338. The van der Waals surface area contributed by atoms with Crippen molar-refractivity contribution in [1.29, 1.82) is 0 Å². The van der Waals surface area contributed by atoms with Gasteiger partial charge < -0.3 is 10.4 Å². The van der Waals surface area contributed by atoms with Gasteiger partial charge >= 0.3 is 5.97 Å². The maximum Gasteiger partial charge on any atom is 0.307 e. The van der Waals surface area contributed by atoms with Gasteiger partial charge in [0, 0.05) is 13.0 Å². The number of hydrogen-bond donors (Lipinski definition) is 2. The minimum Gasteiger partial charge on any atom is -0.481 e. The summed E-state index contributed by atoms with van der Waals surface area (Å²) in [6, 6.07) is 9.81. The molecule has 0 aromatic heterocycles. The molecule has 3 atom stereocenters. The summed E-state index contributed by atoms with van der Waals surface area (Å²) in [5.41, 5.74) is 1.05. The molecule has 168 valence electrons. The van der Waals surface area contributed by atoms with E-state index in [2.05, 4.69) is 31.0 Å². The second kappa shape index (κ2) is 15.9. The number of carbonyl (C=O) groups is 2. The fraction of sp³-hybridized carbons (Fsp3) is 0.407. The van der Waals surface area contributed by atoms with Gasteiger partial charge in [0.25, 0.3) is 0 Å². The Balaban J connectivity index is 2.62. The number of carboxylic acid groups (broad SMARTS) is 1. The fourth-order valence-corrected chi connectivity index (χ4v) is 3.33. The lowest BCUT2D eigenvalue weighted by atomic mass is 9.85. The van der Waals surface area contributed by atoms with Crippen LogP contribution in [-0.2, 0) is 9.59 Å². The Morgan fingerprint density at radius 1 is 1.10 bits per heavy atom. The van der Waals surface area contributed by atoms with Gasteiger partial charge in [-0.05, 0) is 43.1 Å². The smallest absolute Gasteiger partial charge is 0.307 e. The lowest BCUT2D eigenvalue weighted by Gasteiger charge is -2.20. The first-order valence-corrected chi connectivity index (χ1v) is 11.2. The van der Waals surface area contributed by atoms with Crippen molar-refractivity contribution < 1.29 is 14.7 Å². The van der Waals surface area contributed by atoms with Crippen molar-refractivity contribution in [1.82, 2.24) is 5.32 Å². The maximum absolute atomic E-state index is 12.3. The van der Waals surface area contributed by atoms with E-state index < -0.39 is 11.9 Å². The van der Waals surface area contributed by atoms with E-state index in [1.807, 2.05) is 67.6 Å². The van der Waals surface area contributed by atoms with Crippen LogP contribution >= 0.6 is 0 Å². The normalized spacial score (nSPS) is 14.6. The molecule has 2 N–H and O–H groups in total. The third-order valence-electron chi connectivity index (χ3n) is 5.21. The summed E-state index contributed by atoms with van der Waals surface area (Å²) in [5, 5.41) is 12.5. The van der Waals surface area contributed by atoms with Crippen molar-refractivity contribution in [2.75, 3.05) is 6.54 Å². The highest BCUT2D eigenvalue weighted by atomic mass is 16.4. The van der Waals surface area contributed by atoms with E-state index in [0.717, 1.165) is 24.8 Å². The van der Waals surface area contributed by atoms with Gasteiger partial charge in [0.15, 0.2) is 0 Å². The number of carboxylic acids is 1. The largest absolute Gasteiger partial charge is 0.481 e. The van der Waals surface area contributed by atoms with Crippen LogP contribution in [-0.4, -0.2) is 23.5 Å². The van der Waals surface area contributed by atoms with E-state index in [-0.39, 0.29) is 24.2 Å². The van der Waals surface area contributed by atoms with Crippen LogP contribution in [0.15, 0.2) is 73.4 Å². The molecule has 0 saturated carbocycles. The average Bonchev–Trinajstić information content (AvgIpc) is 2.78. The summed E-state index contributed by atoms with van der Waals surface area (Å²) in [6.07, 6.45) is 17.6. The first-order chi connectivity index (χ1) is 15.0. The molecule has 0 spiro atoms. The second-order valence-electron chi connectivity index (χ2n) is 7.58. The number of amides is 1. The fourth-order valence-electron chi connectivity index (χ4n) is 3.33. The van der Waals surface area contributed by atoms with E-state index >= 15 is 0 Å². The first kappa shape index (κ1) is 26.2. The predicted molar refractivity (Wildman–Crippen MR) is 130 cm³/mol. The van der Waals surface area contributed by atoms with Crippen molar-refractivity contribution in [3.05, 3.63) is 78.9 Å². The molecule has 0 fully saturated rings. The summed E-state index contributed by atoms with van der Waals surface area (Å²) >= 11 is 0. The van der Waals surface area contributed by atoms with Crippen LogP contribution < -0.4 is 5.32 Å². The number of rotatable bonds is 15. The molecule has 0 aliphatic rings. The van der Waals surface area contributed by atoms with Gasteiger partial charge in [-0.3, -0.25) is 9.59 Å². The van der Waals surface area contributed by atoms with E-state index in [1.54, 1.807) is 0 Å². The first-order valence-electron chi connectivity index (χ1n) is 11.2. The molecule has 0 bridgehead atoms. The zero-order chi connectivity index (χ0) is 22.9. The van der Waals surface area contributed by atoms with Crippen molar-refractivity contribution in [3.63, 3.8) is 0 Å². The molecule has 1 rings (SSSR count). The molecule has 31 heavy (non-hydrogen) atoms. The highest BCUT2D eigenvalue weighted by molar-refractivity contribution is 5.82. The molecule has 0 radical (unpaired) electrons. The topological polar surface area (TPSA) is 66.4 Å². The Kier molecular flexibility index (Phi) is 13.4. The minimum absolute atomic E-state index is 0.0324. The number of hydrogen-bond acceptors (Lipinski definition) is 2. The number of nitrogens with one attached hydrogen (secondary N) is 1. The molecular weight excluding hydrogens is 386 g/mol. The summed E-state index contributed by atoms with van der Waals surface area (Å²) in [7, 11) is 0. The zero-order valence-electron chi connectivity index (χ0n) is 18.9. The van der Waals surface area contributed by atoms with Crippen LogP contribution in [0.3, 0.4) is 0 Å². The molecule has 0 heterocycles. The average molecular weight is 424 g/mol. The highest BCUT2D eigenvalue weighted by Crippen LogP contribution is 2.23. The van der Waals surface area contributed by atoms with Crippen molar-refractivity contribution in [2.24, 2.45) is 17.8 Å². The SMILES string of the molecule is C=CC(/C=C/C(CC)C(CC(=O)NC/C=C/c1ccccc1)C(=O)O)CC/C=C/CC. The number of aliphatic carboxylic acids is 1. The Bertz CT molecular complexity index is 749. The molecule has 1 aromatic rings. The van der Waals surface area contributed by atoms with E-state index in [1.165, 1.54) is 0 Å². The number of carbonyl (C=O) groups excluding carboxylic acids is 1. The van der Waals surface area contributed by atoms with Crippen LogP contribution in [0.25, 0.3) is 6.08 Å². The Hall–Kier alpha value is -2.88. The lowest BCUT2D eigenvalue weighted by molar-refractivity contribution is -0.145. The van der Waals surface area contributed by atoms with Crippen LogP contribution in [0.5, 0.6) is 0 Å². The molecule has 1 aromatic carbocycles. The van der Waals surface area contributed by atoms with Gasteiger partial charge in [0.2, 0.25) is 5.91 Å². The summed E-state index contributed by atoms with van der Waals surface area (Å²) in [6.45, 7) is 8.33. The third kappa shape index (κ3) is 11.2. The van der Waals surface area contributed by atoms with Crippen LogP contribution in [0.2, 0.25) is 0 Å². The van der Waals surface area contributed by atoms with Gasteiger partial charge in [0.1, 0.15) is 0 Å². The lowest BCUT2D eigenvalue weighted by Crippen LogP contribution is -2.31. The summed E-state index contributed by atoms with van der Waals surface area (Å²) in [4.78, 5) is 24.2. The maximum atomic E-state index is 12.3. The van der Waals surface area contributed by atoms with Crippen LogP contribution in [0, 0.1) is 17.8 Å².